The first-order valence-electron chi connectivity index (χ1n) is 8.09. The molecule has 0 fully saturated rings. The second-order valence-corrected chi connectivity index (χ2v) is 6.11. The highest BCUT2D eigenvalue weighted by Crippen LogP contribution is 2.42. The molecule has 0 N–H and O–H groups in total. The van der Waals surface area contributed by atoms with Gasteiger partial charge in [-0.15, -0.1) is 0 Å². The van der Waals surface area contributed by atoms with Crippen molar-refractivity contribution in [2.75, 3.05) is 36.0 Å². The van der Waals surface area contributed by atoms with Crippen LogP contribution in [0.3, 0.4) is 0 Å². The topological polar surface area (TPSA) is 32.8 Å². The normalized spacial score (nSPS) is 15.9. The van der Waals surface area contributed by atoms with Crippen LogP contribution in [-0.2, 0) is 11.2 Å². The number of carbonyl (C=O) groups excluding carboxylic acids is 1. The molecule has 2 aromatic rings. The molecular weight excluding hydrogens is 288 g/mol. The van der Waals surface area contributed by atoms with E-state index in [2.05, 4.69) is 17.9 Å². The van der Waals surface area contributed by atoms with Gasteiger partial charge in [-0.25, -0.2) is 0 Å². The number of carbonyl (C=O) groups is 1. The zero-order chi connectivity index (χ0) is 15.8. The Labute approximate surface area is 136 Å². The zero-order valence-corrected chi connectivity index (χ0v) is 13.3. The van der Waals surface area contributed by atoms with Gasteiger partial charge >= 0.3 is 0 Å². The van der Waals surface area contributed by atoms with E-state index in [0.717, 1.165) is 47.9 Å². The second kappa shape index (κ2) is 5.61. The molecule has 4 heteroatoms. The molecule has 0 unspecified atom stereocenters. The summed E-state index contributed by atoms with van der Waals surface area (Å²) in [4.78, 5) is 17.1. The fourth-order valence-corrected chi connectivity index (χ4v) is 3.43. The van der Waals surface area contributed by atoms with Crippen molar-refractivity contribution in [3.05, 3.63) is 53.6 Å². The Morgan fingerprint density at radius 2 is 1.96 bits per heavy atom. The Bertz CT molecular complexity index is 757. The predicted octanol–water partition coefficient (Wildman–Crippen LogP) is 2.78. The van der Waals surface area contributed by atoms with E-state index < -0.39 is 0 Å². The Kier molecular flexibility index (Phi) is 3.45. The van der Waals surface area contributed by atoms with E-state index in [1.54, 1.807) is 0 Å². The van der Waals surface area contributed by atoms with Crippen molar-refractivity contribution in [2.24, 2.45) is 0 Å². The van der Waals surface area contributed by atoms with Crippen molar-refractivity contribution in [1.29, 1.82) is 0 Å². The van der Waals surface area contributed by atoms with Crippen molar-refractivity contribution >= 4 is 17.3 Å². The molecule has 0 atom stereocenters. The highest BCUT2D eigenvalue weighted by Gasteiger charge is 2.31. The Morgan fingerprint density at radius 1 is 1.09 bits per heavy atom. The number of hydrogen-bond donors (Lipinski definition) is 0. The number of aryl methyl sites for hydroxylation is 1. The lowest BCUT2D eigenvalue weighted by Gasteiger charge is -2.41. The summed E-state index contributed by atoms with van der Waals surface area (Å²) in [5, 5.41) is 0. The van der Waals surface area contributed by atoms with E-state index in [1.807, 2.05) is 41.3 Å². The van der Waals surface area contributed by atoms with E-state index in [-0.39, 0.29) is 5.91 Å². The van der Waals surface area contributed by atoms with Gasteiger partial charge in [0.25, 0.3) is 0 Å². The van der Waals surface area contributed by atoms with Crippen LogP contribution < -0.4 is 14.5 Å². The molecule has 4 nitrogen and oxygen atoms in total. The van der Waals surface area contributed by atoms with E-state index in [0.29, 0.717) is 13.0 Å². The zero-order valence-electron chi connectivity index (χ0n) is 13.3. The van der Waals surface area contributed by atoms with Gasteiger partial charge in [0, 0.05) is 13.1 Å². The smallest absolute Gasteiger partial charge is 0.231 e. The van der Waals surface area contributed by atoms with Crippen molar-refractivity contribution in [3.63, 3.8) is 0 Å². The van der Waals surface area contributed by atoms with Crippen LogP contribution in [0.2, 0.25) is 0 Å². The molecule has 2 aliphatic heterocycles. The predicted molar refractivity (Wildman–Crippen MR) is 91.4 cm³/mol. The van der Waals surface area contributed by atoms with Gasteiger partial charge in [0.15, 0.2) is 0 Å². The average Bonchev–Trinajstić information content (AvgIpc) is 2.58. The number of benzene rings is 2. The third kappa shape index (κ3) is 2.44. The van der Waals surface area contributed by atoms with Crippen LogP contribution in [0.5, 0.6) is 5.75 Å². The molecule has 2 heterocycles. The minimum atomic E-state index is 0.151. The highest BCUT2D eigenvalue weighted by atomic mass is 16.5. The number of rotatable bonds is 2. The Balaban J connectivity index is 1.65. The molecule has 1 amide bonds. The number of hydrogen-bond acceptors (Lipinski definition) is 3. The van der Waals surface area contributed by atoms with Crippen LogP contribution >= 0.6 is 0 Å². The molecule has 0 radical (unpaired) electrons. The number of amides is 1. The lowest BCUT2D eigenvalue weighted by atomic mass is 10.0. The first-order chi connectivity index (χ1) is 11.2. The maximum atomic E-state index is 12.9. The van der Waals surface area contributed by atoms with Gasteiger partial charge in [-0.2, -0.15) is 0 Å². The van der Waals surface area contributed by atoms with E-state index in [4.69, 9.17) is 4.74 Å². The van der Waals surface area contributed by atoms with Crippen LogP contribution in [0, 0.1) is 6.92 Å². The van der Waals surface area contributed by atoms with Gasteiger partial charge in [0.05, 0.1) is 18.7 Å². The third-order valence-electron chi connectivity index (χ3n) is 4.70. The quantitative estimate of drug-likeness (QED) is 0.855. The molecule has 0 spiro atoms. The summed E-state index contributed by atoms with van der Waals surface area (Å²) in [7, 11) is 0. The van der Waals surface area contributed by atoms with Crippen LogP contribution in [0.15, 0.2) is 42.5 Å². The van der Waals surface area contributed by atoms with Gasteiger partial charge in [-0.05, 0) is 30.2 Å². The van der Waals surface area contributed by atoms with E-state index >= 15 is 0 Å². The Morgan fingerprint density at radius 3 is 2.83 bits per heavy atom. The van der Waals surface area contributed by atoms with Gasteiger partial charge in [0.1, 0.15) is 18.0 Å². The number of nitrogens with zero attached hydrogens (tertiary/aromatic N) is 2. The summed E-state index contributed by atoms with van der Waals surface area (Å²) < 4.78 is 5.76. The summed E-state index contributed by atoms with van der Waals surface area (Å²) in [6, 6.07) is 14.1. The molecule has 0 saturated heterocycles. The molecule has 2 aliphatic rings. The summed E-state index contributed by atoms with van der Waals surface area (Å²) in [5.41, 5.74) is 4.31. The number of anilines is 2. The second-order valence-electron chi connectivity index (χ2n) is 6.11. The van der Waals surface area contributed by atoms with Crippen molar-refractivity contribution < 1.29 is 9.53 Å². The maximum Gasteiger partial charge on any atom is 0.231 e. The molecule has 0 aromatic heterocycles. The van der Waals surface area contributed by atoms with Crippen molar-refractivity contribution in [1.82, 2.24) is 0 Å². The van der Waals surface area contributed by atoms with Crippen molar-refractivity contribution in [2.45, 2.75) is 13.3 Å². The minimum Gasteiger partial charge on any atom is -0.489 e. The monoisotopic (exact) mass is 308 g/mol. The van der Waals surface area contributed by atoms with E-state index in [1.165, 1.54) is 0 Å². The van der Waals surface area contributed by atoms with Crippen molar-refractivity contribution in [3.8, 4) is 5.75 Å². The summed E-state index contributed by atoms with van der Waals surface area (Å²) in [6.45, 7) is 5.27. The molecule has 118 valence electrons. The van der Waals surface area contributed by atoms with Gasteiger partial charge in [-0.3, -0.25) is 4.79 Å². The third-order valence-corrected chi connectivity index (χ3v) is 4.70. The SMILES string of the molecule is Cc1ccccc1CC(=O)N1CCN2CCOc3cccc1c32. The first-order valence-corrected chi connectivity index (χ1v) is 8.09. The van der Waals surface area contributed by atoms with E-state index in [9.17, 15) is 4.79 Å². The molecule has 23 heavy (non-hydrogen) atoms. The standard InChI is InChI=1S/C19H20N2O2/c1-14-5-2-3-6-15(14)13-18(22)21-10-9-20-11-12-23-17-8-4-7-16(21)19(17)20/h2-8H,9-13H2,1H3. The molecule has 2 aromatic carbocycles. The van der Waals surface area contributed by atoms with Gasteiger partial charge in [-0.1, -0.05) is 30.3 Å². The number of para-hydroxylation sites is 1. The van der Waals surface area contributed by atoms with Gasteiger partial charge < -0.3 is 14.5 Å². The maximum absolute atomic E-state index is 12.9. The number of ether oxygens (including phenoxy) is 1. The highest BCUT2D eigenvalue weighted by molar-refractivity contribution is 6.00. The fourth-order valence-electron chi connectivity index (χ4n) is 3.43. The largest absolute Gasteiger partial charge is 0.489 e. The van der Waals surface area contributed by atoms with Crippen LogP contribution in [0.1, 0.15) is 11.1 Å². The lowest BCUT2D eigenvalue weighted by molar-refractivity contribution is -0.118. The minimum absolute atomic E-state index is 0.151. The van der Waals surface area contributed by atoms with Crippen LogP contribution in [0.4, 0.5) is 11.4 Å². The molecule has 0 bridgehead atoms. The summed E-state index contributed by atoms with van der Waals surface area (Å²) in [5.74, 6) is 1.04. The molecule has 0 saturated carbocycles. The molecule has 0 aliphatic carbocycles. The average molecular weight is 308 g/mol. The van der Waals surface area contributed by atoms with Gasteiger partial charge in [0.2, 0.25) is 5.91 Å². The summed E-state index contributed by atoms with van der Waals surface area (Å²) in [6.07, 6.45) is 0.442. The van der Waals surface area contributed by atoms with Crippen LogP contribution in [0.25, 0.3) is 0 Å². The van der Waals surface area contributed by atoms with Crippen LogP contribution in [-0.4, -0.2) is 32.1 Å². The lowest BCUT2D eigenvalue weighted by Crippen LogP contribution is -2.47. The fraction of sp³-hybridized carbons (Fsp3) is 0.316. The first kappa shape index (κ1) is 14.1. The Hall–Kier alpha value is -2.49. The molecule has 4 rings (SSSR count). The molecular formula is C19H20N2O2. The summed E-state index contributed by atoms with van der Waals surface area (Å²) >= 11 is 0.